The number of nitrogens with zero attached hydrogens (tertiary/aromatic N) is 4. The first-order valence-electron chi connectivity index (χ1n) is 7.48. The Bertz CT molecular complexity index is 811. The van der Waals surface area contributed by atoms with E-state index in [1.807, 2.05) is 13.8 Å². The Morgan fingerprint density at radius 1 is 1.23 bits per heavy atom. The van der Waals surface area contributed by atoms with Gasteiger partial charge in [-0.05, 0) is 12.8 Å². The molecule has 0 aromatic carbocycles. The minimum atomic E-state index is -0.369. The molecular weight excluding hydrogens is 284 g/mol. The molecule has 2 aromatic rings. The van der Waals surface area contributed by atoms with Gasteiger partial charge in [-0.25, -0.2) is 9.78 Å². The normalized spacial score (nSPS) is 11.5. The van der Waals surface area contributed by atoms with Crippen molar-refractivity contribution in [2.75, 3.05) is 0 Å². The third-order valence-corrected chi connectivity index (χ3v) is 3.90. The first-order valence-corrected chi connectivity index (χ1v) is 7.48. The number of unbranched alkanes of at least 4 members (excludes halogenated alkanes) is 1. The van der Waals surface area contributed by atoms with Crippen molar-refractivity contribution in [2.45, 2.75) is 39.7 Å². The summed E-state index contributed by atoms with van der Waals surface area (Å²) in [6, 6.07) is 0. The summed E-state index contributed by atoms with van der Waals surface area (Å²) < 4.78 is 4.23. The third kappa shape index (κ3) is 2.88. The van der Waals surface area contributed by atoms with Crippen LogP contribution in [0.5, 0.6) is 0 Å². The van der Waals surface area contributed by atoms with Gasteiger partial charge in [0.1, 0.15) is 5.78 Å². The molecule has 0 spiro atoms. The average molecular weight is 306 g/mol. The standard InChI is InChI=1S/C15H22N4O3/c1-10(2)11(20)7-5-6-8-19-14(21)12-13(16-9-17(12)3)18(4)15(19)22/h9-10H,5-8H2,1-4H3. The number of imidazole rings is 1. The van der Waals surface area contributed by atoms with Gasteiger partial charge in [-0.1, -0.05) is 13.8 Å². The quantitative estimate of drug-likeness (QED) is 0.740. The molecule has 0 aliphatic rings. The number of Topliss-reactive ketones (excluding diaryl/α,β-unsaturated/α-hetero) is 1. The van der Waals surface area contributed by atoms with Crippen LogP contribution < -0.4 is 11.2 Å². The maximum absolute atomic E-state index is 12.4. The lowest BCUT2D eigenvalue weighted by molar-refractivity contribution is -0.122. The maximum Gasteiger partial charge on any atom is 0.332 e. The highest BCUT2D eigenvalue weighted by atomic mass is 16.2. The predicted molar refractivity (Wildman–Crippen MR) is 83.9 cm³/mol. The molecule has 0 bridgehead atoms. The highest BCUT2D eigenvalue weighted by molar-refractivity contribution is 5.80. The minimum absolute atomic E-state index is 0.0291. The number of aryl methyl sites for hydroxylation is 2. The number of hydrogen-bond donors (Lipinski definition) is 0. The molecular formula is C15H22N4O3. The number of rotatable bonds is 6. The SMILES string of the molecule is CC(C)C(=O)CCCCn1c(=O)c2c(ncn2C)n(C)c1=O. The second-order valence-corrected chi connectivity index (χ2v) is 5.90. The van der Waals surface area contributed by atoms with Crippen LogP contribution in [0.3, 0.4) is 0 Å². The summed E-state index contributed by atoms with van der Waals surface area (Å²) in [4.78, 5) is 40.4. The number of ketones is 1. The van der Waals surface area contributed by atoms with Crippen molar-refractivity contribution in [1.82, 2.24) is 18.7 Å². The smallest absolute Gasteiger partial charge is 0.328 e. The molecule has 7 nitrogen and oxygen atoms in total. The van der Waals surface area contributed by atoms with E-state index in [4.69, 9.17) is 0 Å². The van der Waals surface area contributed by atoms with Gasteiger partial charge < -0.3 is 4.57 Å². The van der Waals surface area contributed by atoms with Crippen molar-refractivity contribution in [3.8, 4) is 0 Å². The Kier molecular flexibility index (Phi) is 4.63. The van der Waals surface area contributed by atoms with Crippen molar-refractivity contribution in [3.63, 3.8) is 0 Å². The lowest BCUT2D eigenvalue weighted by Crippen LogP contribution is -2.39. The molecule has 22 heavy (non-hydrogen) atoms. The Hall–Kier alpha value is -2.18. The number of hydrogen-bond acceptors (Lipinski definition) is 4. The molecule has 0 amide bonds. The Morgan fingerprint density at radius 3 is 2.55 bits per heavy atom. The zero-order valence-electron chi connectivity index (χ0n) is 13.5. The summed E-state index contributed by atoms with van der Waals surface area (Å²) in [6.07, 6.45) is 3.31. The topological polar surface area (TPSA) is 78.9 Å². The molecule has 0 aliphatic heterocycles. The van der Waals surface area contributed by atoms with E-state index in [2.05, 4.69) is 4.98 Å². The summed E-state index contributed by atoms with van der Waals surface area (Å²) >= 11 is 0. The van der Waals surface area contributed by atoms with Crippen LogP contribution in [0.25, 0.3) is 11.2 Å². The molecule has 7 heteroatoms. The van der Waals surface area contributed by atoms with Gasteiger partial charge in [-0.2, -0.15) is 0 Å². The minimum Gasteiger partial charge on any atom is -0.328 e. The van der Waals surface area contributed by atoms with Gasteiger partial charge in [-0.3, -0.25) is 18.7 Å². The molecule has 0 aliphatic carbocycles. The van der Waals surface area contributed by atoms with Gasteiger partial charge in [0.25, 0.3) is 5.56 Å². The molecule has 0 N–H and O–H groups in total. The summed E-state index contributed by atoms with van der Waals surface area (Å²) in [5.41, 5.74) is 0.115. The third-order valence-electron chi connectivity index (χ3n) is 3.90. The summed E-state index contributed by atoms with van der Waals surface area (Å²) in [6.45, 7) is 4.07. The molecule has 0 saturated carbocycles. The van der Waals surface area contributed by atoms with Crippen LogP contribution in [-0.2, 0) is 25.4 Å². The van der Waals surface area contributed by atoms with Crippen molar-refractivity contribution in [2.24, 2.45) is 20.0 Å². The molecule has 0 atom stereocenters. The Morgan fingerprint density at radius 2 is 1.91 bits per heavy atom. The van der Waals surface area contributed by atoms with Gasteiger partial charge in [0.15, 0.2) is 11.2 Å². The van der Waals surface area contributed by atoms with E-state index in [0.29, 0.717) is 37.0 Å². The summed E-state index contributed by atoms with van der Waals surface area (Å²) in [7, 11) is 3.34. The highest BCUT2D eigenvalue weighted by Gasteiger charge is 2.14. The molecule has 120 valence electrons. The van der Waals surface area contributed by atoms with E-state index >= 15 is 0 Å². The average Bonchev–Trinajstić information content (AvgIpc) is 2.85. The number of carbonyl (C=O) groups is 1. The van der Waals surface area contributed by atoms with E-state index in [-0.39, 0.29) is 23.0 Å². The van der Waals surface area contributed by atoms with Crippen molar-refractivity contribution in [3.05, 3.63) is 27.2 Å². The number of aromatic nitrogens is 4. The van der Waals surface area contributed by atoms with Gasteiger partial charge in [0.2, 0.25) is 0 Å². The van der Waals surface area contributed by atoms with Gasteiger partial charge in [-0.15, -0.1) is 0 Å². The largest absolute Gasteiger partial charge is 0.332 e. The van der Waals surface area contributed by atoms with E-state index in [1.165, 1.54) is 15.5 Å². The van der Waals surface area contributed by atoms with E-state index in [9.17, 15) is 14.4 Å². The van der Waals surface area contributed by atoms with Crippen LogP contribution in [0, 0.1) is 5.92 Å². The van der Waals surface area contributed by atoms with Crippen LogP contribution >= 0.6 is 0 Å². The monoisotopic (exact) mass is 306 g/mol. The van der Waals surface area contributed by atoms with E-state index in [1.54, 1.807) is 18.7 Å². The fourth-order valence-corrected chi connectivity index (χ4v) is 2.45. The van der Waals surface area contributed by atoms with Crippen molar-refractivity contribution >= 4 is 16.9 Å². The summed E-state index contributed by atoms with van der Waals surface area (Å²) in [5.74, 6) is 0.240. The van der Waals surface area contributed by atoms with Crippen LogP contribution in [0.4, 0.5) is 0 Å². The zero-order chi connectivity index (χ0) is 16.4. The van der Waals surface area contributed by atoms with Crippen LogP contribution in [0.15, 0.2) is 15.9 Å². The lowest BCUT2D eigenvalue weighted by atomic mass is 10.0. The Labute approximate surface area is 128 Å². The second kappa shape index (κ2) is 6.29. The summed E-state index contributed by atoms with van der Waals surface area (Å²) in [5, 5.41) is 0. The molecule has 0 fully saturated rings. The van der Waals surface area contributed by atoms with E-state index < -0.39 is 0 Å². The Balaban J connectivity index is 2.22. The molecule has 0 unspecified atom stereocenters. The molecule has 0 radical (unpaired) electrons. The lowest BCUT2D eigenvalue weighted by Gasteiger charge is -2.09. The van der Waals surface area contributed by atoms with Gasteiger partial charge >= 0.3 is 5.69 Å². The van der Waals surface area contributed by atoms with Gasteiger partial charge in [0, 0.05) is 33.0 Å². The molecule has 2 heterocycles. The predicted octanol–water partition coefficient (Wildman–Crippen LogP) is 0.829. The fraction of sp³-hybridized carbons (Fsp3) is 0.600. The zero-order valence-corrected chi connectivity index (χ0v) is 13.5. The van der Waals surface area contributed by atoms with Crippen LogP contribution in [0.1, 0.15) is 33.1 Å². The maximum atomic E-state index is 12.4. The molecule has 0 saturated heterocycles. The van der Waals surface area contributed by atoms with Crippen molar-refractivity contribution < 1.29 is 4.79 Å². The van der Waals surface area contributed by atoms with Crippen molar-refractivity contribution in [1.29, 1.82) is 0 Å². The van der Waals surface area contributed by atoms with Crippen LogP contribution in [0.2, 0.25) is 0 Å². The number of carbonyl (C=O) groups excluding carboxylic acids is 1. The van der Waals surface area contributed by atoms with Gasteiger partial charge in [0.05, 0.1) is 6.33 Å². The van der Waals surface area contributed by atoms with Crippen LogP contribution in [-0.4, -0.2) is 24.5 Å². The molecule has 2 aromatic heterocycles. The second-order valence-electron chi connectivity index (χ2n) is 5.90. The highest BCUT2D eigenvalue weighted by Crippen LogP contribution is 2.06. The first-order chi connectivity index (χ1) is 10.3. The van der Waals surface area contributed by atoms with E-state index in [0.717, 1.165) is 0 Å². The first kappa shape index (κ1) is 16.2. The molecule has 2 rings (SSSR count). The number of fused-ring (bicyclic) bond motifs is 1. The fourth-order valence-electron chi connectivity index (χ4n) is 2.45.